The van der Waals surface area contributed by atoms with Gasteiger partial charge in [-0.25, -0.2) is 14.0 Å². The van der Waals surface area contributed by atoms with Crippen LogP contribution in [0.3, 0.4) is 0 Å². The van der Waals surface area contributed by atoms with Crippen LogP contribution in [0.4, 0.5) is 10.1 Å². The number of anilines is 1. The Kier molecular flexibility index (Phi) is 7.30. The molecule has 4 aliphatic rings. The predicted molar refractivity (Wildman–Crippen MR) is 154 cm³/mol. The van der Waals surface area contributed by atoms with Crippen LogP contribution >= 0.6 is 11.8 Å². The summed E-state index contributed by atoms with van der Waals surface area (Å²) in [6, 6.07) is 2.59. The van der Waals surface area contributed by atoms with Gasteiger partial charge in [0.25, 0.3) is 0 Å². The predicted octanol–water partition coefficient (Wildman–Crippen LogP) is 2.18. The maximum absolute atomic E-state index is 15.3. The van der Waals surface area contributed by atoms with Gasteiger partial charge in [-0.15, -0.1) is 11.8 Å². The second kappa shape index (κ2) is 10.7. The van der Waals surface area contributed by atoms with Crippen LogP contribution in [0.2, 0.25) is 0 Å². The van der Waals surface area contributed by atoms with Gasteiger partial charge in [-0.1, -0.05) is 6.92 Å². The quantitative estimate of drug-likeness (QED) is 0.367. The number of fused-ring (bicyclic) bond motifs is 2. The molecule has 0 spiro atoms. The molecule has 1 aliphatic carbocycles. The van der Waals surface area contributed by atoms with E-state index in [9.17, 15) is 34.5 Å². The van der Waals surface area contributed by atoms with Gasteiger partial charge in [-0.05, 0) is 31.9 Å². The smallest absolute Gasteiger partial charge is 0.353 e. The molecule has 0 radical (unpaired) electrons. The Hall–Kier alpha value is -3.42. The number of carboxylic acids is 2. The second-order valence-corrected chi connectivity index (χ2v) is 12.7. The van der Waals surface area contributed by atoms with Gasteiger partial charge >= 0.3 is 11.9 Å². The number of hydrogen-bond donors (Lipinski definition) is 3. The van der Waals surface area contributed by atoms with Gasteiger partial charge in [-0.2, -0.15) is 0 Å². The highest BCUT2D eigenvalue weighted by atomic mass is 32.2. The Balaban J connectivity index is 1.12. The van der Waals surface area contributed by atoms with E-state index in [1.165, 1.54) is 22.9 Å². The van der Waals surface area contributed by atoms with Crippen LogP contribution in [-0.2, 0) is 9.59 Å². The fourth-order valence-corrected chi connectivity index (χ4v) is 7.91. The van der Waals surface area contributed by atoms with E-state index in [0.717, 1.165) is 18.9 Å². The van der Waals surface area contributed by atoms with E-state index in [2.05, 4.69) is 4.90 Å². The number of aliphatic hydroxyl groups excluding tert-OH is 1. The molecule has 42 heavy (non-hydrogen) atoms. The lowest BCUT2D eigenvalue weighted by molar-refractivity contribution is -0.163. The standard InChI is InChI=1S/C29H33FN4O7S/c1-14-23-22(15(2)35)27(37)34(23)24(29(40)41)26(14)42-10-9-31-5-7-32(8-6-31)21-12-20-17(11-19(21)30)25(36)18(28(38)39)13-33(20)16-3-4-16/h11-16,22-23,35H,3-10H2,1-2H3,(H,38,39)(H,40,41)/t14-,15-,22-,23-/m1/s1. The first-order valence-corrected chi connectivity index (χ1v) is 15.2. The molecule has 3 fully saturated rings. The van der Waals surface area contributed by atoms with Gasteiger partial charge in [0.15, 0.2) is 0 Å². The summed E-state index contributed by atoms with van der Waals surface area (Å²) in [5, 5.41) is 29.4. The largest absolute Gasteiger partial charge is 0.477 e. The number of aliphatic hydroxyl groups is 1. The summed E-state index contributed by atoms with van der Waals surface area (Å²) in [5.74, 6) is -3.51. The van der Waals surface area contributed by atoms with E-state index in [1.807, 2.05) is 11.8 Å². The summed E-state index contributed by atoms with van der Waals surface area (Å²) in [4.78, 5) is 55.1. The average Bonchev–Trinajstić information content (AvgIpc) is 3.74. The van der Waals surface area contributed by atoms with Gasteiger partial charge in [0.2, 0.25) is 11.3 Å². The number of amides is 1. The summed E-state index contributed by atoms with van der Waals surface area (Å²) < 4.78 is 17.1. The van der Waals surface area contributed by atoms with Gasteiger partial charge in [0.1, 0.15) is 17.1 Å². The summed E-state index contributed by atoms with van der Waals surface area (Å²) in [6.07, 6.45) is 2.29. The minimum atomic E-state index is -1.32. The van der Waals surface area contributed by atoms with Crippen LogP contribution in [-0.4, -0.2) is 98.2 Å². The number of aromatic nitrogens is 1. The fraction of sp³-hybridized carbons (Fsp3) is 0.517. The van der Waals surface area contributed by atoms with E-state index in [-0.39, 0.29) is 40.6 Å². The number of carboxylic acid groups (broad SMARTS) is 2. The lowest BCUT2D eigenvalue weighted by atomic mass is 9.79. The Morgan fingerprint density at radius 2 is 1.79 bits per heavy atom. The third-order valence-corrected chi connectivity index (χ3v) is 10.2. The number of piperazine rings is 1. The number of aromatic carboxylic acids is 1. The minimum absolute atomic E-state index is 0.0242. The van der Waals surface area contributed by atoms with Crippen molar-refractivity contribution in [3.05, 3.63) is 50.5 Å². The highest BCUT2D eigenvalue weighted by molar-refractivity contribution is 8.03. The molecule has 4 heterocycles. The van der Waals surface area contributed by atoms with Crippen molar-refractivity contribution in [3.63, 3.8) is 0 Å². The van der Waals surface area contributed by atoms with Crippen molar-refractivity contribution in [2.45, 2.75) is 44.9 Å². The maximum atomic E-state index is 15.3. The lowest BCUT2D eigenvalue weighted by Crippen LogP contribution is -2.63. The molecule has 6 rings (SSSR count). The third kappa shape index (κ3) is 4.67. The number of nitrogens with zero attached hydrogens (tertiary/aromatic N) is 4. The number of carbonyl (C=O) groups is 3. The zero-order valence-corrected chi connectivity index (χ0v) is 24.1. The molecule has 1 amide bonds. The molecular formula is C29H33FN4O7S. The molecule has 11 nitrogen and oxygen atoms in total. The topological polar surface area (TPSA) is 144 Å². The van der Waals surface area contributed by atoms with Crippen molar-refractivity contribution < 1.29 is 34.1 Å². The Morgan fingerprint density at radius 3 is 2.38 bits per heavy atom. The zero-order valence-electron chi connectivity index (χ0n) is 23.3. The van der Waals surface area contributed by atoms with Crippen molar-refractivity contribution in [1.29, 1.82) is 0 Å². The van der Waals surface area contributed by atoms with Crippen LogP contribution in [0, 0.1) is 17.7 Å². The molecule has 0 unspecified atom stereocenters. The molecule has 13 heteroatoms. The summed E-state index contributed by atoms with van der Waals surface area (Å²) >= 11 is 1.44. The number of aliphatic carboxylic acids is 1. The van der Waals surface area contributed by atoms with Crippen LogP contribution < -0.4 is 10.3 Å². The molecule has 3 N–H and O–H groups in total. The van der Waals surface area contributed by atoms with E-state index in [0.29, 0.717) is 54.6 Å². The number of carbonyl (C=O) groups excluding carboxylic acids is 1. The fourth-order valence-electron chi connectivity index (χ4n) is 6.62. The molecule has 1 aromatic heterocycles. The van der Waals surface area contributed by atoms with Crippen LogP contribution in [0.15, 0.2) is 33.7 Å². The average molecular weight is 601 g/mol. The number of rotatable bonds is 9. The molecule has 2 aromatic rings. The number of thioether (sulfide) groups is 1. The Bertz CT molecular complexity index is 1580. The van der Waals surface area contributed by atoms with Crippen molar-refractivity contribution in [2.75, 3.05) is 43.4 Å². The molecular weight excluding hydrogens is 567 g/mol. The van der Waals surface area contributed by atoms with Crippen molar-refractivity contribution in [2.24, 2.45) is 11.8 Å². The number of halogens is 1. The first-order valence-electron chi connectivity index (χ1n) is 14.2. The van der Waals surface area contributed by atoms with E-state index in [1.54, 1.807) is 17.6 Å². The van der Waals surface area contributed by atoms with Gasteiger partial charge in [0, 0.05) is 66.9 Å². The number of pyridine rings is 1. The van der Waals surface area contributed by atoms with E-state index >= 15 is 4.39 Å². The first-order chi connectivity index (χ1) is 20.0. The normalized spacial score (nSPS) is 25.1. The molecule has 224 valence electrons. The molecule has 0 bridgehead atoms. The van der Waals surface area contributed by atoms with Crippen LogP contribution in [0.25, 0.3) is 10.9 Å². The van der Waals surface area contributed by atoms with Gasteiger partial charge in [-0.3, -0.25) is 14.5 Å². The highest BCUT2D eigenvalue weighted by Gasteiger charge is 2.59. The SMILES string of the molecule is C[C@@H](O)[C@H]1C(=O)N2C(C(=O)O)=C(SCCN3CCN(c4cc5c(cc4F)c(=O)c(C(=O)O)cn5C4CC4)CC3)[C@H](C)[C@H]12. The third-order valence-electron chi connectivity index (χ3n) is 8.96. The molecule has 4 atom stereocenters. The second-order valence-electron chi connectivity index (χ2n) is 11.6. The van der Waals surface area contributed by atoms with Gasteiger partial charge < -0.3 is 29.7 Å². The van der Waals surface area contributed by atoms with Crippen molar-refractivity contribution >= 4 is 46.2 Å². The highest BCUT2D eigenvalue weighted by Crippen LogP contribution is 2.50. The summed E-state index contributed by atoms with van der Waals surface area (Å²) in [5.41, 5.74) is -0.0969. The molecule has 3 aliphatic heterocycles. The monoisotopic (exact) mass is 600 g/mol. The number of hydrogen-bond acceptors (Lipinski definition) is 8. The zero-order chi connectivity index (χ0) is 30.0. The van der Waals surface area contributed by atoms with E-state index < -0.39 is 35.2 Å². The van der Waals surface area contributed by atoms with Crippen LogP contribution in [0.1, 0.15) is 43.1 Å². The van der Waals surface area contributed by atoms with Gasteiger partial charge in [0.05, 0.1) is 29.3 Å². The van der Waals surface area contributed by atoms with Crippen LogP contribution in [0.5, 0.6) is 0 Å². The number of benzene rings is 1. The summed E-state index contributed by atoms with van der Waals surface area (Å²) in [7, 11) is 0. The molecule has 1 saturated carbocycles. The lowest BCUT2D eigenvalue weighted by Gasteiger charge is -2.46. The van der Waals surface area contributed by atoms with E-state index in [4.69, 9.17) is 0 Å². The Morgan fingerprint density at radius 1 is 1.10 bits per heavy atom. The Labute approximate surface area is 245 Å². The summed E-state index contributed by atoms with van der Waals surface area (Å²) in [6.45, 7) is 6.55. The molecule has 1 aromatic carbocycles. The minimum Gasteiger partial charge on any atom is -0.477 e. The van der Waals surface area contributed by atoms with Crippen molar-refractivity contribution in [1.82, 2.24) is 14.4 Å². The first kappa shape index (κ1) is 28.7. The molecule has 2 saturated heterocycles. The van der Waals surface area contributed by atoms with Crippen molar-refractivity contribution in [3.8, 4) is 0 Å². The maximum Gasteiger partial charge on any atom is 0.353 e. The number of β-lactam (4-membered cyclic amide) rings is 1.